The highest BCUT2D eigenvalue weighted by molar-refractivity contribution is 5.82. The number of rotatable bonds is 3. The Morgan fingerprint density at radius 3 is 2.90 bits per heavy atom. The van der Waals surface area contributed by atoms with E-state index in [2.05, 4.69) is 31.2 Å². The van der Waals surface area contributed by atoms with Gasteiger partial charge in [0.2, 0.25) is 0 Å². The second kappa shape index (κ2) is 6.12. The maximum absolute atomic E-state index is 11.4. The van der Waals surface area contributed by atoms with E-state index in [1.807, 2.05) is 24.3 Å². The molecule has 0 saturated carbocycles. The van der Waals surface area contributed by atoms with Gasteiger partial charge in [-0.05, 0) is 42.8 Å². The van der Waals surface area contributed by atoms with Crippen molar-refractivity contribution in [3.8, 4) is 11.4 Å². The quantitative estimate of drug-likeness (QED) is 0.661. The lowest BCUT2D eigenvalue weighted by molar-refractivity contribution is 0.0529. The van der Waals surface area contributed by atoms with Gasteiger partial charge in [0, 0.05) is 5.56 Å². The van der Waals surface area contributed by atoms with Crippen molar-refractivity contribution in [2.75, 3.05) is 0 Å². The van der Waals surface area contributed by atoms with Crippen LogP contribution >= 0.6 is 0 Å². The van der Waals surface area contributed by atoms with Crippen LogP contribution < -0.4 is 5.43 Å². The zero-order valence-electron chi connectivity index (χ0n) is 12.0. The summed E-state index contributed by atoms with van der Waals surface area (Å²) in [5.41, 5.74) is 3.36. The maximum atomic E-state index is 11.4. The van der Waals surface area contributed by atoms with Gasteiger partial charge in [0.05, 0.1) is 6.21 Å². The number of hydrogen-bond acceptors (Lipinski definition) is 6. The predicted octanol–water partition coefficient (Wildman–Crippen LogP) is 1.73. The van der Waals surface area contributed by atoms with Gasteiger partial charge in [-0.2, -0.15) is 5.10 Å². The van der Waals surface area contributed by atoms with Gasteiger partial charge >= 0.3 is 6.09 Å². The van der Waals surface area contributed by atoms with E-state index in [9.17, 15) is 4.79 Å². The molecule has 21 heavy (non-hydrogen) atoms. The largest absolute Gasteiger partial charge is 0.443 e. The molecule has 0 aliphatic rings. The Hall–Kier alpha value is -2.77. The Kier molecular flexibility index (Phi) is 4.27. The number of benzene rings is 1. The van der Waals surface area contributed by atoms with Crippen LogP contribution in [-0.4, -0.2) is 38.5 Å². The molecule has 8 nitrogen and oxygen atoms in total. The molecule has 0 fully saturated rings. The van der Waals surface area contributed by atoms with Crippen molar-refractivity contribution in [1.82, 2.24) is 26.0 Å². The summed E-state index contributed by atoms with van der Waals surface area (Å²) in [5, 5.41) is 17.4. The topological polar surface area (TPSA) is 105 Å². The van der Waals surface area contributed by atoms with Crippen molar-refractivity contribution in [3.63, 3.8) is 0 Å². The molecular formula is C13H16N6O2. The lowest BCUT2D eigenvalue weighted by atomic mass is 10.1. The number of carbonyl (C=O) groups is 1. The Morgan fingerprint density at radius 2 is 2.24 bits per heavy atom. The van der Waals surface area contributed by atoms with Crippen LogP contribution in [0.4, 0.5) is 4.79 Å². The van der Waals surface area contributed by atoms with Crippen LogP contribution in [0.3, 0.4) is 0 Å². The highest BCUT2D eigenvalue weighted by Crippen LogP contribution is 2.13. The summed E-state index contributed by atoms with van der Waals surface area (Å²) < 4.78 is 5.06. The van der Waals surface area contributed by atoms with Crippen molar-refractivity contribution < 1.29 is 9.53 Å². The van der Waals surface area contributed by atoms with Gasteiger partial charge in [-0.15, -0.1) is 5.10 Å². The van der Waals surface area contributed by atoms with E-state index in [1.54, 1.807) is 20.8 Å². The number of H-pyrrole nitrogens is 1. The first-order chi connectivity index (χ1) is 9.94. The van der Waals surface area contributed by atoms with Crippen molar-refractivity contribution in [1.29, 1.82) is 0 Å². The number of hydrazone groups is 1. The standard InChI is InChI=1S/C13H16N6O2/c1-13(2,3)21-12(20)17-14-8-9-5-4-6-10(7-9)11-15-18-19-16-11/h4-8H,1-3H3,(H,17,20)(H,15,16,18,19). The molecule has 2 N–H and O–H groups in total. The number of ether oxygens (including phenoxy) is 1. The molecule has 2 aromatic rings. The smallest absolute Gasteiger partial charge is 0.428 e. The van der Waals surface area contributed by atoms with E-state index in [1.165, 1.54) is 6.21 Å². The minimum absolute atomic E-state index is 0.557. The highest BCUT2D eigenvalue weighted by atomic mass is 16.6. The first-order valence-electron chi connectivity index (χ1n) is 6.30. The fourth-order valence-electron chi connectivity index (χ4n) is 1.51. The van der Waals surface area contributed by atoms with E-state index in [-0.39, 0.29) is 0 Å². The summed E-state index contributed by atoms with van der Waals surface area (Å²) in [6, 6.07) is 7.38. The number of amides is 1. The average molecular weight is 288 g/mol. The summed E-state index contributed by atoms with van der Waals surface area (Å²) >= 11 is 0. The predicted molar refractivity (Wildman–Crippen MR) is 76.6 cm³/mol. The molecule has 0 aliphatic carbocycles. The number of nitrogens with zero attached hydrogens (tertiary/aromatic N) is 4. The third-order valence-corrected chi connectivity index (χ3v) is 2.27. The second-order valence-corrected chi connectivity index (χ2v) is 5.25. The average Bonchev–Trinajstić information content (AvgIpc) is 2.90. The number of carbonyl (C=O) groups excluding carboxylic acids is 1. The maximum Gasteiger partial charge on any atom is 0.428 e. The van der Waals surface area contributed by atoms with Crippen LogP contribution in [0.15, 0.2) is 29.4 Å². The number of nitrogens with one attached hydrogen (secondary N) is 2. The SMILES string of the molecule is CC(C)(C)OC(=O)NN=Cc1cccc(-c2nnn[nH]2)c1. The van der Waals surface area contributed by atoms with Crippen molar-refractivity contribution in [2.45, 2.75) is 26.4 Å². The van der Waals surface area contributed by atoms with Gasteiger partial charge in [-0.1, -0.05) is 18.2 Å². The van der Waals surface area contributed by atoms with Crippen LogP contribution in [0.25, 0.3) is 11.4 Å². The molecule has 1 heterocycles. The normalized spacial score (nSPS) is 11.6. The molecule has 0 unspecified atom stereocenters. The molecule has 0 atom stereocenters. The zero-order chi connectivity index (χ0) is 15.3. The molecule has 1 aromatic heterocycles. The molecule has 0 saturated heterocycles. The molecule has 0 aliphatic heterocycles. The molecule has 1 amide bonds. The zero-order valence-corrected chi connectivity index (χ0v) is 12.0. The number of aromatic amines is 1. The first kappa shape index (κ1) is 14.6. The van der Waals surface area contributed by atoms with E-state index >= 15 is 0 Å². The summed E-state index contributed by atoms with van der Waals surface area (Å²) in [7, 11) is 0. The van der Waals surface area contributed by atoms with Gasteiger partial charge in [0.25, 0.3) is 0 Å². The van der Waals surface area contributed by atoms with Crippen LogP contribution in [0.2, 0.25) is 0 Å². The fourth-order valence-corrected chi connectivity index (χ4v) is 1.51. The minimum atomic E-state index is -0.602. The monoisotopic (exact) mass is 288 g/mol. The van der Waals surface area contributed by atoms with E-state index in [0.717, 1.165) is 11.1 Å². The molecule has 0 radical (unpaired) electrons. The van der Waals surface area contributed by atoms with Gasteiger partial charge in [0.15, 0.2) is 5.82 Å². The van der Waals surface area contributed by atoms with Crippen LogP contribution in [0.5, 0.6) is 0 Å². The lowest BCUT2D eigenvalue weighted by Crippen LogP contribution is -2.29. The first-order valence-corrected chi connectivity index (χ1v) is 6.30. The van der Waals surface area contributed by atoms with Gasteiger partial charge in [0.1, 0.15) is 5.60 Å². The van der Waals surface area contributed by atoms with Gasteiger partial charge in [-0.3, -0.25) is 0 Å². The van der Waals surface area contributed by atoms with Crippen molar-refractivity contribution >= 4 is 12.3 Å². The number of hydrogen-bond donors (Lipinski definition) is 2. The molecule has 1 aromatic carbocycles. The molecule has 0 spiro atoms. The van der Waals surface area contributed by atoms with Crippen LogP contribution in [0, 0.1) is 0 Å². The Morgan fingerprint density at radius 1 is 1.43 bits per heavy atom. The number of tetrazole rings is 1. The van der Waals surface area contributed by atoms with Crippen LogP contribution in [0.1, 0.15) is 26.3 Å². The Labute approximate surface area is 121 Å². The third kappa shape index (κ3) is 4.68. The summed E-state index contributed by atoms with van der Waals surface area (Å²) in [6.07, 6.45) is 0.909. The second-order valence-electron chi connectivity index (χ2n) is 5.25. The van der Waals surface area contributed by atoms with E-state index in [0.29, 0.717) is 5.82 Å². The van der Waals surface area contributed by atoms with Gasteiger partial charge in [-0.25, -0.2) is 15.3 Å². The Bertz CT molecular complexity index is 630. The number of aromatic nitrogens is 4. The van der Waals surface area contributed by atoms with E-state index in [4.69, 9.17) is 4.74 Å². The Balaban J connectivity index is 1.99. The van der Waals surface area contributed by atoms with Gasteiger partial charge < -0.3 is 4.74 Å². The molecular weight excluding hydrogens is 272 g/mol. The molecule has 8 heteroatoms. The lowest BCUT2D eigenvalue weighted by Gasteiger charge is -2.18. The molecule has 110 valence electrons. The van der Waals surface area contributed by atoms with Crippen LogP contribution in [-0.2, 0) is 4.74 Å². The summed E-state index contributed by atoms with van der Waals surface area (Å²) in [4.78, 5) is 11.4. The van der Waals surface area contributed by atoms with Crippen molar-refractivity contribution in [2.24, 2.45) is 5.10 Å². The molecule has 0 bridgehead atoms. The highest BCUT2D eigenvalue weighted by Gasteiger charge is 2.15. The third-order valence-electron chi connectivity index (χ3n) is 2.27. The summed E-state index contributed by atoms with van der Waals surface area (Å²) in [5.74, 6) is 0.561. The van der Waals surface area contributed by atoms with Crippen molar-refractivity contribution in [3.05, 3.63) is 29.8 Å². The molecule has 2 rings (SSSR count). The van der Waals surface area contributed by atoms with E-state index < -0.39 is 11.7 Å². The summed E-state index contributed by atoms with van der Waals surface area (Å²) in [6.45, 7) is 5.35. The fraction of sp³-hybridized carbons (Fsp3) is 0.308. The minimum Gasteiger partial charge on any atom is -0.443 e.